The molecule has 0 radical (unpaired) electrons. The summed E-state index contributed by atoms with van der Waals surface area (Å²) in [5, 5.41) is 10.3. The summed E-state index contributed by atoms with van der Waals surface area (Å²) in [5.74, 6) is -1.05. The molecule has 1 aliphatic heterocycles. The predicted octanol–water partition coefficient (Wildman–Crippen LogP) is 5.97. The number of aliphatic carboxylic acids is 1. The number of carboxylic acid groups (broad SMARTS) is 1. The first-order valence-electron chi connectivity index (χ1n) is 12.5. The van der Waals surface area contributed by atoms with E-state index in [1.54, 1.807) is 30.3 Å². The minimum Gasteiger partial charge on any atom is -0.479 e. The first kappa shape index (κ1) is 27.0. The van der Waals surface area contributed by atoms with Crippen molar-refractivity contribution >= 4 is 16.0 Å². The van der Waals surface area contributed by atoms with Gasteiger partial charge in [0.2, 0.25) is 10.0 Å². The maximum Gasteiger partial charge on any atom is 0.337 e. The highest BCUT2D eigenvalue weighted by Gasteiger charge is 2.36. The Balaban J connectivity index is 1.93. The molecule has 7 heteroatoms. The molecule has 0 aromatic heterocycles. The first-order chi connectivity index (χ1) is 17.3. The van der Waals surface area contributed by atoms with Crippen LogP contribution in [-0.2, 0) is 32.5 Å². The van der Waals surface area contributed by atoms with Crippen LogP contribution < -0.4 is 0 Å². The maximum atomic E-state index is 13.4. The zero-order valence-corrected chi connectivity index (χ0v) is 23.1. The highest BCUT2D eigenvalue weighted by Crippen LogP contribution is 2.43. The molecule has 1 N–H and O–H groups in total. The van der Waals surface area contributed by atoms with Crippen LogP contribution in [0.4, 0.5) is 0 Å². The molecule has 0 spiro atoms. The van der Waals surface area contributed by atoms with Gasteiger partial charge in [0.15, 0.2) is 6.10 Å². The van der Waals surface area contributed by atoms with Crippen molar-refractivity contribution in [3.63, 3.8) is 0 Å². The standard InChI is InChI=1S/C30H35NO5S/c1-19-12-14-22(15-13-19)26-21(3)25-18-31(37(34,35)23-10-8-7-9-11-23)17-16-24(25)20(2)27(26)28(29(32)33)36-30(4,5)6/h7-15,28H,16-18H2,1-6H3,(H,32,33)/t28-/m0/s1. The molecule has 3 aromatic rings. The third-order valence-electron chi connectivity index (χ3n) is 6.94. The van der Waals surface area contributed by atoms with E-state index in [0.717, 1.165) is 38.9 Å². The highest BCUT2D eigenvalue weighted by atomic mass is 32.2. The lowest BCUT2D eigenvalue weighted by Crippen LogP contribution is -2.37. The number of ether oxygens (including phenoxy) is 1. The summed E-state index contributed by atoms with van der Waals surface area (Å²) in [6.45, 7) is 12.0. The van der Waals surface area contributed by atoms with Crippen LogP contribution in [0.2, 0.25) is 0 Å². The minimum atomic E-state index is -3.67. The lowest BCUT2D eigenvalue weighted by Gasteiger charge is -2.35. The molecular formula is C30H35NO5S. The van der Waals surface area contributed by atoms with Gasteiger partial charge >= 0.3 is 5.97 Å². The van der Waals surface area contributed by atoms with Crippen molar-refractivity contribution in [2.45, 2.75) is 71.1 Å². The molecule has 6 nitrogen and oxygen atoms in total. The molecule has 0 saturated carbocycles. The quantitative estimate of drug-likeness (QED) is 0.432. The molecule has 0 fully saturated rings. The second-order valence-electron chi connectivity index (χ2n) is 10.7. The van der Waals surface area contributed by atoms with Gasteiger partial charge in [0.1, 0.15) is 0 Å². The second-order valence-corrected chi connectivity index (χ2v) is 12.6. The molecule has 1 aliphatic rings. The lowest BCUT2D eigenvalue weighted by molar-refractivity contribution is -0.160. The molecule has 0 saturated heterocycles. The van der Waals surface area contributed by atoms with E-state index in [2.05, 4.69) is 0 Å². The fraction of sp³-hybridized carbons (Fsp3) is 0.367. The average molecular weight is 522 g/mol. The van der Waals surface area contributed by atoms with Gasteiger partial charge in [-0.15, -0.1) is 0 Å². The van der Waals surface area contributed by atoms with Crippen molar-refractivity contribution in [3.8, 4) is 11.1 Å². The Hall–Kier alpha value is -3.00. The molecule has 4 rings (SSSR count). The summed E-state index contributed by atoms with van der Waals surface area (Å²) < 4.78 is 34.5. The summed E-state index contributed by atoms with van der Waals surface area (Å²) in [4.78, 5) is 12.8. The summed E-state index contributed by atoms with van der Waals surface area (Å²) in [6.07, 6.45) is -0.664. The van der Waals surface area contributed by atoms with Crippen LogP contribution in [-0.4, -0.2) is 35.9 Å². The van der Waals surface area contributed by atoms with Crippen LogP contribution in [0.5, 0.6) is 0 Å². The third-order valence-corrected chi connectivity index (χ3v) is 8.80. The number of hydrogen-bond donors (Lipinski definition) is 1. The van der Waals surface area contributed by atoms with Gasteiger partial charge in [0.05, 0.1) is 10.5 Å². The zero-order valence-electron chi connectivity index (χ0n) is 22.3. The van der Waals surface area contributed by atoms with Crippen LogP contribution >= 0.6 is 0 Å². The van der Waals surface area contributed by atoms with Gasteiger partial charge in [-0.2, -0.15) is 4.31 Å². The number of rotatable bonds is 6. The second kappa shape index (κ2) is 10.0. The van der Waals surface area contributed by atoms with Crippen LogP contribution in [0.15, 0.2) is 59.5 Å². The van der Waals surface area contributed by atoms with E-state index >= 15 is 0 Å². The minimum absolute atomic E-state index is 0.232. The first-order valence-corrected chi connectivity index (χ1v) is 13.9. The molecular weight excluding hydrogens is 486 g/mol. The summed E-state index contributed by atoms with van der Waals surface area (Å²) >= 11 is 0. The number of hydrogen-bond acceptors (Lipinski definition) is 4. The van der Waals surface area contributed by atoms with Gasteiger partial charge in [0.25, 0.3) is 0 Å². The summed E-state index contributed by atoms with van der Waals surface area (Å²) in [7, 11) is -3.67. The van der Waals surface area contributed by atoms with Gasteiger partial charge in [-0.1, -0.05) is 48.0 Å². The number of aryl methyl sites for hydroxylation is 1. The van der Waals surface area contributed by atoms with E-state index in [0.29, 0.717) is 18.5 Å². The van der Waals surface area contributed by atoms with Gasteiger partial charge in [0, 0.05) is 18.7 Å². The average Bonchev–Trinajstić information content (AvgIpc) is 2.85. The molecule has 0 aliphatic carbocycles. The number of nitrogens with zero attached hydrogens (tertiary/aromatic N) is 1. The Kier molecular flexibility index (Phi) is 7.34. The van der Waals surface area contributed by atoms with E-state index in [1.807, 2.05) is 65.8 Å². The predicted molar refractivity (Wildman–Crippen MR) is 145 cm³/mol. The topological polar surface area (TPSA) is 83.9 Å². The Morgan fingerprint density at radius 2 is 1.57 bits per heavy atom. The number of sulfonamides is 1. The number of carbonyl (C=O) groups is 1. The summed E-state index contributed by atoms with van der Waals surface area (Å²) in [6, 6.07) is 16.5. The molecule has 0 unspecified atom stereocenters. The van der Waals surface area contributed by atoms with Gasteiger partial charge < -0.3 is 9.84 Å². The van der Waals surface area contributed by atoms with E-state index < -0.39 is 27.7 Å². The SMILES string of the molecule is Cc1ccc(-c2c(C)c3c(c(C)c2[C@H](OC(C)(C)C)C(=O)O)CCN(S(=O)(=O)c2ccccc2)C3)cc1. The zero-order chi connectivity index (χ0) is 27.1. The molecule has 1 heterocycles. The van der Waals surface area contributed by atoms with Crippen LogP contribution in [0.3, 0.4) is 0 Å². The van der Waals surface area contributed by atoms with Gasteiger partial charge in [-0.3, -0.25) is 0 Å². The van der Waals surface area contributed by atoms with Gasteiger partial charge in [-0.25, -0.2) is 13.2 Å². The van der Waals surface area contributed by atoms with Crippen molar-refractivity contribution in [1.29, 1.82) is 0 Å². The molecule has 3 aromatic carbocycles. The maximum absolute atomic E-state index is 13.4. The Morgan fingerprint density at radius 1 is 0.946 bits per heavy atom. The smallest absolute Gasteiger partial charge is 0.337 e. The van der Waals surface area contributed by atoms with Crippen molar-refractivity contribution in [2.75, 3.05) is 6.54 Å². The Morgan fingerprint density at radius 3 is 2.14 bits per heavy atom. The fourth-order valence-electron chi connectivity index (χ4n) is 5.15. The van der Waals surface area contributed by atoms with Gasteiger partial charge in [-0.05, 0) is 93.5 Å². The molecule has 37 heavy (non-hydrogen) atoms. The van der Waals surface area contributed by atoms with E-state index in [9.17, 15) is 18.3 Å². The van der Waals surface area contributed by atoms with Crippen LogP contribution in [0.1, 0.15) is 60.3 Å². The normalized spacial score (nSPS) is 15.3. The van der Waals surface area contributed by atoms with Crippen molar-refractivity contribution in [3.05, 3.63) is 88.0 Å². The summed E-state index contributed by atoms with van der Waals surface area (Å²) in [5.41, 5.74) is 6.42. The van der Waals surface area contributed by atoms with Crippen molar-refractivity contribution in [2.24, 2.45) is 0 Å². The van der Waals surface area contributed by atoms with E-state index in [-0.39, 0.29) is 11.4 Å². The van der Waals surface area contributed by atoms with Crippen molar-refractivity contribution in [1.82, 2.24) is 4.31 Å². The van der Waals surface area contributed by atoms with E-state index in [4.69, 9.17) is 4.74 Å². The molecule has 1 atom stereocenters. The number of carboxylic acids is 1. The number of fused-ring (bicyclic) bond motifs is 1. The van der Waals surface area contributed by atoms with E-state index in [1.165, 1.54) is 4.31 Å². The largest absolute Gasteiger partial charge is 0.479 e. The monoisotopic (exact) mass is 521 g/mol. The van der Waals surface area contributed by atoms with Crippen LogP contribution in [0, 0.1) is 20.8 Å². The Bertz CT molecular complexity index is 1420. The Labute approximate surface area is 220 Å². The molecule has 0 amide bonds. The third kappa shape index (κ3) is 5.35. The number of benzene rings is 3. The van der Waals surface area contributed by atoms with Crippen molar-refractivity contribution < 1.29 is 23.1 Å². The highest BCUT2D eigenvalue weighted by molar-refractivity contribution is 7.89. The molecule has 196 valence electrons. The van der Waals surface area contributed by atoms with Crippen LogP contribution in [0.25, 0.3) is 11.1 Å². The lowest BCUT2D eigenvalue weighted by atomic mass is 9.80. The fourth-order valence-corrected chi connectivity index (χ4v) is 6.58. The molecule has 0 bridgehead atoms.